The molecular formula is C24H30ClO5Zr-. The van der Waals surface area contributed by atoms with Gasteiger partial charge in [-0.2, -0.15) is 0 Å². The molecular weight excluding hydrogens is 495 g/mol. The summed E-state index contributed by atoms with van der Waals surface area (Å²) in [4.78, 5) is 0. The van der Waals surface area contributed by atoms with E-state index in [0.717, 1.165) is 12.0 Å². The summed E-state index contributed by atoms with van der Waals surface area (Å²) >= 11 is 0. The van der Waals surface area contributed by atoms with Gasteiger partial charge in [0.1, 0.15) is 12.2 Å². The molecule has 10 radical (unpaired) electrons. The molecule has 3 rings (SSSR count). The molecule has 1 aromatic carbocycles. The van der Waals surface area contributed by atoms with E-state index in [1.165, 1.54) is 12.8 Å². The Morgan fingerprint density at radius 2 is 1.19 bits per heavy atom. The van der Waals surface area contributed by atoms with E-state index in [9.17, 15) is 0 Å². The zero-order chi connectivity index (χ0) is 22.9. The van der Waals surface area contributed by atoms with E-state index < -0.39 is 10.2 Å². The molecule has 1 aromatic rings. The molecule has 0 amide bonds. The maximum absolute atomic E-state index is 8.49. The van der Waals surface area contributed by atoms with Gasteiger partial charge in [0, 0.05) is 44.8 Å². The van der Waals surface area contributed by atoms with Crippen LogP contribution in [0.4, 0.5) is 0 Å². The van der Waals surface area contributed by atoms with Crippen LogP contribution in [0.5, 0.6) is 0 Å². The van der Waals surface area contributed by atoms with Crippen molar-refractivity contribution in [1.29, 1.82) is 0 Å². The third kappa shape index (κ3) is 40.7. The molecule has 0 saturated heterocycles. The summed E-state index contributed by atoms with van der Waals surface area (Å²) in [6.07, 6.45) is 27.0. The Hall–Kier alpha value is -0.197. The molecule has 31 heavy (non-hydrogen) atoms. The molecule has 2 aliphatic carbocycles. The van der Waals surface area contributed by atoms with Crippen LogP contribution in [-0.4, -0.2) is 11.7 Å². The monoisotopic (exact) mass is 523 g/mol. The molecule has 2 fully saturated rings. The fourth-order valence-corrected chi connectivity index (χ4v) is 1.66. The third-order valence-corrected chi connectivity index (χ3v) is 2.96. The van der Waals surface area contributed by atoms with Gasteiger partial charge in [-0.1, -0.05) is 26.2 Å². The second-order valence-electron chi connectivity index (χ2n) is 5.48. The van der Waals surface area contributed by atoms with Crippen LogP contribution in [0.2, 0.25) is 0 Å². The van der Waals surface area contributed by atoms with Gasteiger partial charge in [-0.3, -0.25) is 6.08 Å². The number of aliphatic hydroxyl groups excluding tert-OH is 1. The molecule has 0 heterocycles. The van der Waals surface area contributed by atoms with Crippen molar-refractivity contribution >= 4 is 0 Å². The molecule has 2 saturated carbocycles. The van der Waals surface area contributed by atoms with Gasteiger partial charge in [-0.05, 0) is 82.4 Å². The van der Waals surface area contributed by atoms with Gasteiger partial charge in [-0.15, -0.1) is 10.2 Å². The number of unbranched alkanes of at least 4 members (excludes halogenated alkanes) is 2. The van der Waals surface area contributed by atoms with E-state index >= 15 is 0 Å². The number of hydrogen-bond donors (Lipinski definition) is 1. The van der Waals surface area contributed by atoms with Crippen molar-refractivity contribution < 1.29 is 60.2 Å². The smallest absolute Gasteiger partial charge is 0.132 e. The fraction of sp³-hybridized carbons (Fsp3) is 0.208. The maximum atomic E-state index is 8.49. The standard InChI is InChI=1S/C8H9O.C6H11.2C5H5.ClHO4.Zr/c9-7-6-8-4-2-1-3-5-8;1-3-5-6-4-2;2*1-2-4-5-3-1;2-1(3,4)5;/h1-6,9H,7H2;1,3H,4-6H2,2H3;2*1-5H;(H,2,3,4,5);/q+1;-1;;;;/p-1. The number of benzene rings is 1. The Bertz CT molecular complexity index is 416. The summed E-state index contributed by atoms with van der Waals surface area (Å²) in [7, 11) is -4.94. The minimum Gasteiger partial charge on any atom is -0.518 e. The molecule has 5 nitrogen and oxygen atoms in total. The van der Waals surface area contributed by atoms with E-state index in [-0.39, 0.29) is 32.8 Å². The van der Waals surface area contributed by atoms with Crippen molar-refractivity contribution in [3.8, 4) is 0 Å². The number of aliphatic hydroxyl groups is 1. The van der Waals surface area contributed by atoms with E-state index in [1.54, 1.807) is 12.5 Å². The number of halogens is 1. The quantitative estimate of drug-likeness (QED) is 0.449. The zero-order valence-electron chi connectivity index (χ0n) is 17.7. The Morgan fingerprint density at radius 1 is 0.839 bits per heavy atom. The van der Waals surface area contributed by atoms with Crippen molar-refractivity contribution in [2.24, 2.45) is 0 Å². The van der Waals surface area contributed by atoms with Crippen LogP contribution in [0.1, 0.15) is 31.7 Å². The molecule has 0 aliphatic heterocycles. The Labute approximate surface area is 211 Å². The van der Waals surface area contributed by atoms with Crippen molar-refractivity contribution in [2.75, 3.05) is 6.61 Å². The SMILES string of the molecule is OC[CH+]c1ccccc1.[CH-]=CCCCC.[CH]1[CH][CH][CH][CH]1.[CH]1[CH][CH][CH][CH]1.[O-][Cl+3]([O-])([O-])[O-].[Zr]. The molecule has 1 N–H and O–H groups in total. The predicted molar refractivity (Wildman–Crippen MR) is 108 cm³/mol. The molecule has 7 heteroatoms. The first kappa shape index (κ1) is 35.4. The first-order valence-electron chi connectivity index (χ1n) is 9.32. The van der Waals surface area contributed by atoms with E-state index in [2.05, 4.69) is 6.92 Å². The summed E-state index contributed by atoms with van der Waals surface area (Å²) in [5.41, 5.74) is 1.07. The van der Waals surface area contributed by atoms with Crippen molar-refractivity contribution in [2.45, 2.75) is 26.2 Å². The van der Waals surface area contributed by atoms with Crippen LogP contribution in [0, 0.1) is 87.5 Å². The van der Waals surface area contributed by atoms with Gasteiger partial charge in [0.25, 0.3) is 0 Å². The normalized spacial score (nSPS) is 13.9. The minimum atomic E-state index is -4.94. The molecule has 0 aromatic heterocycles. The predicted octanol–water partition coefficient (Wildman–Crippen LogP) is 0.681. The van der Waals surface area contributed by atoms with Gasteiger partial charge in [0.2, 0.25) is 0 Å². The van der Waals surface area contributed by atoms with Crippen LogP contribution in [0.25, 0.3) is 0 Å². The number of rotatable bonds is 5. The van der Waals surface area contributed by atoms with Crippen molar-refractivity contribution in [1.82, 2.24) is 0 Å². The second kappa shape index (κ2) is 27.8. The number of hydrogen-bond acceptors (Lipinski definition) is 5. The van der Waals surface area contributed by atoms with E-state index in [1.807, 2.05) is 94.5 Å². The second-order valence-corrected chi connectivity index (χ2v) is 6.23. The Kier molecular flexibility index (Phi) is 31.8. The Balaban J connectivity index is -0.000000321. The van der Waals surface area contributed by atoms with Gasteiger partial charge in [-0.25, -0.2) is 18.6 Å². The van der Waals surface area contributed by atoms with Crippen LogP contribution >= 0.6 is 0 Å². The molecule has 0 bridgehead atoms. The maximum Gasteiger partial charge on any atom is 0.132 e. The fourth-order valence-electron chi connectivity index (χ4n) is 1.66. The van der Waals surface area contributed by atoms with E-state index in [4.69, 9.17) is 30.3 Å². The average molecular weight is 525 g/mol. The largest absolute Gasteiger partial charge is 0.518 e. The topological polar surface area (TPSA) is 112 Å². The summed E-state index contributed by atoms with van der Waals surface area (Å²) in [5.74, 6) is 0. The van der Waals surface area contributed by atoms with Crippen molar-refractivity contribution in [3.05, 3.63) is 119 Å². The van der Waals surface area contributed by atoms with Gasteiger partial charge in [0.05, 0.1) is 0 Å². The van der Waals surface area contributed by atoms with Crippen molar-refractivity contribution in [3.63, 3.8) is 0 Å². The average Bonchev–Trinajstić information content (AvgIpc) is 3.46. The van der Waals surface area contributed by atoms with Gasteiger partial charge < -0.3 is 11.7 Å². The summed E-state index contributed by atoms with van der Waals surface area (Å²) in [6.45, 7) is 7.36. The van der Waals surface area contributed by atoms with Crippen LogP contribution in [0.3, 0.4) is 0 Å². The van der Waals surface area contributed by atoms with Crippen LogP contribution in [0.15, 0.2) is 36.4 Å². The van der Waals surface area contributed by atoms with Gasteiger partial charge in [0.15, 0.2) is 0 Å². The molecule has 168 valence electrons. The van der Waals surface area contributed by atoms with E-state index in [0.29, 0.717) is 0 Å². The van der Waals surface area contributed by atoms with Crippen LogP contribution < -0.4 is 18.6 Å². The molecule has 2 aliphatic rings. The first-order chi connectivity index (χ1) is 14.3. The zero-order valence-corrected chi connectivity index (χ0v) is 20.9. The number of allylic oxidation sites excluding steroid dienone is 1. The summed E-state index contributed by atoms with van der Waals surface area (Å²) in [6, 6.07) is 9.75. The third-order valence-electron chi connectivity index (χ3n) is 2.96. The molecule has 0 atom stereocenters. The Morgan fingerprint density at radius 3 is 1.42 bits per heavy atom. The van der Waals surface area contributed by atoms with Crippen LogP contribution in [-0.2, 0) is 26.2 Å². The molecule has 0 spiro atoms. The first-order valence-corrected chi connectivity index (χ1v) is 10.6. The summed E-state index contributed by atoms with van der Waals surface area (Å²) < 4.78 is 34.0. The van der Waals surface area contributed by atoms with Gasteiger partial charge >= 0.3 is 0 Å². The molecule has 0 unspecified atom stereocenters. The minimum absolute atomic E-state index is 0. The summed E-state index contributed by atoms with van der Waals surface area (Å²) in [5, 5.41) is 8.46.